The molecular weight excluding hydrogens is 451 g/mol. The van der Waals surface area contributed by atoms with Gasteiger partial charge in [-0.2, -0.15) is 13.2 Å². The van der Waals surface area contributed by atoms with E-state index in [0.717, 1.165) is 6.07 Å². The van der Waals surface area contributed by atoms with E-state index in [4.69, 9.17) is 9.47 Å². The Kier molecular flexibility index (Phi) is 5.58. The molecule has 2 aliphatic rings. The molecular formula is C19H21F5O6S. The molecule has 0 aliphatic heterocycles. The maximum absolute atomic E-state index is 14.1. The molecule has 0 spiro atoms. The Morgan fingerprint density at radius 1 is 1.16 bits per heavy atom. The van der Waals surface area contributed by atoms with Crippen molar-refractivity contribution in [1.82, 2.24) is 0 Å². The Balaban J connectivity index is 1.86. The molecule has 0 radical (unpaired) electrons. The fourth-order valence-electron chi connectivity index (χ4n) is 3.54. The Bertz CT molecular complexity index is 990. The SMILES string of the molecule is CC(C)(C)OC(=O)C1CC(Oc2ccc(S(=O)(=O)C(F)(F)F)c3c2CC(F)(F)[C@H]3O)C1. The van der Waals surface area contributed by atoms with Crippen molar-refractivity contribution in [3.05, 3.63) is 23.3 Å². The van der Waals surface area contributed by atoms with Gasteiger partial charge in [-0.05, 0) is 45.7 Å². The average Bonchev–Trinajstić information content (AvgIpc) is 2.78. The third-order valence-electron chi connectivity index (χ3n) is 5.08. The lowest BCUT2D eigenvalue weighted by molar-refractivity contribution is -0.166. The topological polar surface area (TPSA) is 89.9 Å². The molecule has 1 saturated carbocycles. The number of carbonyl (C=O) groups excluding carboxylic acids is 1. The maximum Gasteiger partial charge on any atom is 0.501 e. The molecule has 1 atom stereocenters. The third kappa shape index (κ3) is 4.36. The van der Waals surface area contributed by atoms with Gasteiger partial charge in [0.15, 0.2) is 0 Å². The maximum atomic E-state index is 14.1. The summed E-state index contributed by atoms with van der Waals surface area (Å²) in [6, 6.07) is 1.37. The van der Waals surface area contributed by atoms with Gasteiger partial charge >= 0.3 is 11.5 Å². The van der Waals surface area contributed by atoms with E-state index < -0.39 is 73.4 Å². The van der Waals surface area contributed by atoms with E-state index >= 15 is 0 Å². The fraction of sp³-hybridized carbons (Fsp3) is 0.632. The van der Waals surface area contributed by atoms with Crippen LogP contribution in [-0.4, -0.2) is 42.6 Å². The van der Waals surface area contributed by atoms with E-state index in [2.05, 4.69) is 0 Å². The molecule has 0 amide bonds. The van der Waals surface area contributed by atoms with Crippen molar-refractivity contribution < 1.29 is 49.7 Å². The van der Waals surface area contributed by atoms with Crippen LogP contribution in [0.4, 0.5) is 22.0 Å². The van der Waals surface area contributed by atoms with Gasteiger partial charge < -0.3 is 14.6 Å². The van der Waals surface area contributed by atoms with Gasteiger partial charge in [-0.1, -0.05) is 0 Å². The summed E-state index contributed by atoms with van der Waals surface area (Å²) in [7, 11) is -5.97. The lowest BCUT2D eigenvalue weighted by Crippen LogP contribution is -2.41. The highest BCUT2D eigenvalue weighted by molar-refractivity contribution is 7.92. The zero-order chi connectivity index (χ0) is 23.6. The smallest absolute Gasteiger partial charge is 0.490 e. The van der Waals surface area contributed by atoms with Crippen LogP contribution in [0.1, 0.15) is 50.8 Å². The summed E-state index contributed by atoms with van der Waals surface area (Å²) in [5.74, 6) is -5.05. The zero-order valence-electron chi connectivity index (χ0n) is 16.8. The van der Waals surface area contributed by atoms with Crippen molar-refractivity contribution in [3.8, 4) is 5.75 Å². The van der Waals surface area contributed by atoms with Gasteiger partial charge in [-0.25, -0.2) is 17.2 Å². The van der Waals surface area contributed by atoms with E-state index in [1.54, 1.807) is 20.8 Å². The molecule has 1 aromatic carbocycles. The van der Waals surface area contributed by atoms with Crippen LogP contribution in [0.5, 0.6) is 5.75 Å². The molecule has 1 fully saturated rings. The largest absolute Gasteiger partial charge is 0.501 e. The minimum absolute atomic E-state index is 0.200. The second-order valence-corrected chi connectivity index (χ2v) is 10.6. The summed E-state index contributed by atoms with van der Waals surface area (Å²) in [5.41, 5.74) is -7.92. The number of sulfone groups is 1. The summed E-state index contributed by atoms with van der Waals surface area (Å²) in [5, 5.41) is 9.87. The number of fused-ring (bicyclic) bond motifs is 1. The van der Waals surface area contributed by atoms with Gasteiger partial charge in [-0.3, -0.25) is 4.79 Å². The molecule has 31 heavy (non-hydrogen) atoms. The van der Waals surface area contributed by atoms with Gasteiger partial charge in [-0.15, -0.1) is 0 Å². The monoisotopic (exact) mass is 472 g/mol. The summed E-state index contributed by atoms with van der Waals surface area (Å²) in [6.07, 6.45) is -4.11. The second-order valence-electron chi connectivity index (χ2n) is 8.69. The highest BCUT2D eigenvalue weighted by Gasteiger charge is 2.55. The molecule has 6 nitrogen and oxygen atoms in total. The Hall–Kier alpha value is -1.95. The normalized spacial score (nSPS) is 25.5. The number of aliphatic hydroxyl groups excluding tert-OH is 1. The number of benzene rings is 1. The minimum atomic E-state index is -5.97. The standard InChI is InChI=1S/C19H21F5O6S/c1-17(2,3)30-16(26)9-6-10(7-9)29-12-4-5-13(31(27,28)19(22,23)24)14-11(12)8-18(20,21)15(14)25/h4-5,9-10,15,25H,6-8H2,1-3H3/t9?,10?,15-/m0/s1. The lowest BCUT2D eigenvalue weighted by Gasteiger charge is -2.35. The summed E-state index contributed by atoms with van der Waals surface area (Å²) in [6.45, 7) is 5.09. The van der Waals surface area contributed by atoms with E-state index in [1.807, 2.05) is 0 Å². The molecule has 12 heteroatoms. The van der Waals surface area contributed by atoms with Crippen LogP contribution < -0.4 is 4.74 Å². The molecule has 2 aliphatic carbocycles. The van der Waals surface area contributed by atoms with Gasteiger partial charge in [0.05, 0.1) is 10.8 Å². The number of ether oxygens (including phenoxy) is 2. The predicted molar refractivity (Wildman–Crippen MR) is 96.3 cm³/mol. The van der Waals surface area contributed by atoms with E-state index in [9.17, 15) is 40.3 Å². The molecule has 0 aromatic heterocycles. The first-order valence-electron chi connectivity index (χ1n) is 9.36. The van der Waals surface area contributed by atoms with Crippen LogP contribution in [0.15, 0.2) is 17.0 Å². The first kappa shape index (κ1) is 23.7. The predicted octanol–water partition coefficient (Wildman–Crippen LogP) is 3.70. The van der Waals surface area contributed by atoms with Crippen LogP contribution in [0.25, 0.3) is 0 Å². The number of esters is 1. The zero-order valence-corrected chi connectivity index (χ0v) is 17.6. The van der Waals surface area contributed by atoms with Crippen molar-refractivity contribution >= 4 is 15.8 Å². The number of aliphatic hydroxyl groups is 1. The van der Waals surface area contributed by atoms with Gasteiger partial charge in [0.25, 0.3) is 15.8 Å². The molecule has 0 unspecified atom stereocenters. The van der Waals surface area contributed by atoms with Crippen molar-refractivity contribution in [2.24, 2.45) is 5.92 Å². The Morgan fingerprint density at radius 2 is 1.74 bits per heavy atom. The van der Waals surface area contributed by atoms with Crippen LogP contribution in [0.2, 0.25) is 0 Å². The fourth-order valence-corrected chi connectivity index (χ4v) is 4.56. The van der Waals surface area contributed by atoms with Crippen molar-refractivity contribution in [2.75, 3.05) is 0 Å². The highest BCUT2D eigenvalue weighted by atomic mass is 32.2. The third-order valence-corrected chi connectivity index (χ3v) is 6.63. The molecule has 0 saturated heterocycles. The Morgan fingerprint density at radius 3 is 2.26 bits per heavy atom. The second kappa shape index (κ2) is 7.29. The van der Waals surface area contributed by atoms with Crippen LogP contribution >= 0.6 is 0 Å². The molecule has 174 valence electrons. The van der Waals surface area contributed by atoms with E-state index in [1.165, 1.54) is 0 Å². The summed E-state index contributed by atoms with van der Waals surface area (Å²) < 4.78 is 102. The van der Waals surface area contributed by atoms with Crippen molar-refractivity contribution in [2.45, 2.75) is 74.2 Å². The molecule has 0 heterocycles. The number of halogens is 5. The first-order chi connectivity index (χ1) is 13.9. The van der Waals surface area contributed by atoms with E-state index in [0.29, 0.717) is 6.07 Å². The number of hydrogen-bond acceptors (Lipinski definition) is 6. The van der Waals surface area contributed by atoms with Gasteiger partial charge in [0, 0.05) is 17.5 Å². The average molecular weight is 472 g/mol. The van der Waals surface area contributed by atoms with Gasteiger partial charge in [0.1, 0.15) is 23.6 Å². The van der Waals surface area contributed by atoms with E-state index in [-0.39, 0.29) is 18.6 Å². The van der Waals surface area contributed by atoms with Gasteiger partial charge in [0.2, 0.25) is 0 Å². The van der Waals surface area contributed by atoms with Crippen LogP contribution in [-0.2, 0) is 25.8 Å². The minimum Gasteiger partial charge on any atom is -0.490 e. The molecule has 1 aromatic rings. The number of alkyl halides is 5. The summed E-state index contributed by atoms with van der Waals surface area (Å²) in [4.78, 5) is 10.6. The molecule has 0 bridgehead atoms. The number of hydrogen-bond donors (Lipinski definition) is 1. The number of rotatable bonds is 4. The summed E-state index contributed by atoms with van der Waals surface area (Å²) >= 11 is 0. The van der Waals surface area contributed by atoms with Crippen LogP contribution in [0.3, 0.4) is 0 Å². The number of carbonyl (C=O) groups is 1. The molecule has 1 N–H and O–H groups in total. The molecule has 3 rings (SSSR count). The first-order valence-corrected chi connectivity index (χ1v) is 10.8. The van der Waals surface area contributed by atoms with Crippen molar-refractivity contribution in [3.63, 3.8) is 0 Å². The quantitative estimate of drug-likeness (QED) is 0.531. The van der Waals surface area contributed by atoms with Crippen molar-refractivity contribution in [1.29, 1.82) is 0 Å². The van der Waals surface area contributed by atoms with Crippen LogP contribution in [0, 0.1) is 5.92 Å². The highest BCUT2D eigenvalue weighted by Crippen LogP contribution is 2.51. The Labute approximate surface area is 175 Å². The lowest BCUT2D eigenvalue weighted by atomic mass is 9.82.